The number of benzene rings is 1. The Balaban J connectivity index is 2.71. The highest BCUT2D eigenvalue weighted by molar-refractivity contribution is 6.35. The fraction of sp³-hybridized carbons (Fsp3) is 0.455. The van der Waals surface area contributed by atoms with Gasteiger partial charge in [0, 0.05) is 34.7 Å². The molecule has 0 aromatic heterocycles. The minimum Gasteiger partial charge on any atom is -0.327 e. The summed E-state index contributed by atoms with van der Waals surface area (Å²) in [5.74, 6) is 0. The van der Waals surface area contributed by atoms with Gasteiger partial charge >= 0.3 is 0 Å². The van der Waals surface area contributed by atoms with Crippen molar-refractivity contribution in [3.05, 3.63) is 33.8 Å². The average molecular weight is 247 g/mol. The summed E-state index contributed by atoms with van der Waals surface area (Å²) in [6.45, 7) is 3.52. The largest absolute Gasteiger partial charge is 0.327 e. The standard InChI is InChI=1S/C11H16Cl2N2/c1-8(14)6-15(2)7-9-10(12)4-3-5-11(9)13/h3-5,8H,6-7,14H2,1-2H3. The fourth-order valence-electron chi connectivity index (χ4n) is 1.51. The molecular weight excluding hydrogens is 231 g/mol. The van der Waals surface area contributed by atoms with Gasteiger partial charge in [0.1, 0.15) is 0 Å². The number of likely N-dealkylation sites (N-methyl/N-ethyl adjacent to an activating group) is 1. The van der Waals surface area contributed by atoms with Crippen molar-refractivity contribution >= 4 is 23.2 Å². The van der Waals surface area contributed by atoms with E-state index in [1.807, 2.05) is 32.2 Å². The van der Waals surface area contributed by atoms with Gasteiger partial charge in [-0.15, -0.1) is 0 Å². The number of hydrogen-bond acceptors (Lipinski definition) is 2. The van der Waals surface area contributed by atoms with Crippen molar-refractivity contribution in [1.82, 2.24) is 4.90 Å². The van der Waals surface area contributed by atoms with Crippen LogP contribution in [-0.4, -0.2) is 24.5 Å². The summed E-state index contributed by atoms with van der Waals surface area (Å²) in [5.41, 5.74) is 6.68. The predicted octanol–water partition coefficient (Wildman–Crippen LogP) is 2.77. The first-order chi connectivity index (χ1) is 7.00. The lowest BCUT2D eigenvalue weighted by Gasteiger charge is -2.20. The molecule has 0 bridgehead atoms. The molecule has 1 aromatic carbocycles. The van der Waals surface area contributed by atoms with E-state index in [1.54, 1.807) is 0 Å². The number of nitrogens with zero attached hydrogens (tertiary/aromatic N) is 1. The van der Waals surface area contributed by atoms with E-state index in [4.69, 9.17) is 28.9 Å². The van der Waals surface area contributed by atoms with Gasteiger partial charge in [-0.3, -0.25) is 0 Å². The highest BCUT2D eigenvalue weighted by atomic mass is 35.5. The van der Waals surface area contributed by atoms with Crippen molar-refractivity contribution in [2.24, 2.45) is 5.73 Å². The summed E-state index contributed by atoms with van der Waals surface area (Å²) in [5, 5.41) is 1.41. The van der Waals surface area contributed by atoms with Crippen molar-refractivity contribution in [1.29, 1.82) is 0 Å². The Kier molecular flexibility index (Phi) is 4.87. The zero-order chi connectivity index (χ0) is 11.4. The molecule has 0 fully saturated rings. The molecule has 0 aliphatic carbocycles. The maximum absolute atomic E-state index is 6.07. The maximum atomic E-state index is 6.07. The highest BCUT2D eigenvalue weighted by Gasteiger charge is 2.09. The van der Waals surface area contributed by atoms with E-state index < -0.39 is 0 Å². The van der Waals surface area contributed by atoms with Crippen molar-refractivity contribution in [3.63, 3.8) is 0 Å². The molecule has 0 spiro atoms. The molecule has 0 heterocycles. The molecule has 1 unspecified atom stereocenters. The first-order valence-electron chi connectivity index (χ1n) is 4.87. The molecule has 1 atom stereocenters. The average Bonchev–Trinajstić information content (AvgIpc) is 2.10. The number of rotatable bonds is 4. The van der Waals surface area contributed by atoms with Gasteiger partial charge in [0.25, 0.3) is 0 Å². The van der Waals surface area contributed by atoms with E-state index in [2.05, 4.69) is 4.90 Å². The third-order valence-electron chi connectivity index (χ3n) is 2.09. The minimum absolute atomic E-state index is 0.149. The first-order valence-corrected chi connectivity index (χ1v) is 5.63. The van der Waals surface area contributed by atoms with E-state index in [0.717, 1.165) is 18.7 Å². The molecule has 1 rings (SSSR count). The van der Waals surface area contributed by atoms with Crippen LogP contribution in [0.4, 0.5) is 0 Å². The van der Waals surface area contributed by atoms with Crippen molar-refractivity contribution in [2.75, 3.05) is 13.6 Å². The van der Waals surface area contributed by atoms with Gasteiger partial charge in [0.2, 0.25) is 0 Å². The normalized spacial score (nSPS) is 13.2. The summed E-state index contributed by atoms with van der Waals surface area (Å²) in [4.78, 5) is 2.11. The van der Waals surface area contributed by atoms with E-state index in [9.17, 15) is 0 Å². The van der Waals surface area contributed by atoms with E-state index >= 15 is 0 Å². The van der Waals surface area contributed by atoms with Crippen LogP contribution < -0.4 is 5.73 Å². The monoisotopic (exact) mass is 246 g/mol. The molecule has 0 amide bonds. The Labute approximate surface area is 101 Å². The summed E-state index contributed by atoms with van der Waals surface area (Å²) in [7, 11) is 2.00. The van der Waals surface area contributed by atoms with Crippen LogP contribution in [0.15, 0.2) is 18.2 Å². The van der Waals surface area contributed by atoms with Crippen molar-refractivity contribution in [2.45, 2.75) is 19.5 Å². The lowest BCUT2D eigenvalue weighted by Crippen LogP contribution is -2.32. The first kappa shape index (κ1) is 12.8. The third-order valence-corrected chi connectivity index (χ3v) is 2.80. The van der Waals surface area contributed by atoms with Crippen LogP contribution >= 0.6 is 23.2 Å². The van der Waals surface area contributed by atoms with Crippen molar-refractivity contribution in [3.8, 4) is 0 Å². The van der Waals surface area contributed by atoms with Crippen LogP contribution in [0.2, 0.25) is 10.0 Å². The third kappa shape index (κ3) is 3.99. The molecule has 0 radical (unpaired) electrons. The molecule has 2 N–H and O–H groups in total. The molecule has 4 heteroatoms. The van der Waals surface area contributed by atoms with E-state index in [1.165, 1.54) is 0 Å². The Hall–Kier alpha value is -0.280. The predicted molar refractivity (Wildman–Crippen MR) is 66.4 cm³/mol. The highest BCUT2D eigenvalue weighted by Crippen LogP contribution is 2.25. The Morgan fingerprint density at radius 1 is 1.33 bits per heavy atom. The van der Waals surface area contributed by atoms with E-state index in [-0.39, 0.29) is 6.04 Å². The molecule has 2 nitrogen and oxygen atoms in total. The SMILES string of the molecule is CC(N)CN(C)Cc1c(Cl)cccc1Cl. The summed E-state index contributed by atoms with van der Waals surface area (Å²) in [6, 6.07) is 5.70. The number of hydrogen-bond donors (Lipinski definition) is 1. The van der Waals surface area contributed by atoms with Gasteiger partial charge in [-0.05, 0) is 26.1 Å². The van der Waals surface area contributed by atoms with Crippen molar-refractivity contribution < 1.29 is 0 Å². The summed E-state index contributed by atoms with van der Waals surface area (Å²) < 4.78 is 0. The zero-order valence-corrected chi connectivity index (χ0v) is 10.5. The molecule has 1 aromatic rings. The van der Waals surface area contributed by atoms with Gasteiger partial charge in [-0.2, -0.15) is 0 Å². The van der Waals surface area contributed by atoms with Gasteiger partial charge < -0.3 is 10.6 Å². The summed E-state index contributed by atoms with van der Waals surface area (Å²) >= 11 is 12.1. The lowest BCUT2D eigenvalue weighted by atomic mass is 10.2. The minimum atomic E-state index is 0.149. The second-order valence-corrected chi connectivity index (χ2v) is 4.69. The molecule has 0 saturated heterocycles. The Morgan fingerprint density at radius 3 is 2.33 bits per heavy atom. The molecule has 84 valence electrons. The van der Waals surface area contributed by atoms with Crippen LogP contribution in [0, 0.1) is 0 Å². The molecule has 0 aliphatic heterocycles. The topological polar surface area (TPSA) is 29.3 Å². The number of nitrogens with two attached hydrogens (primary N) is 1. The van der Waals surface area contributed by atoms with Gasteiger partial charge in [0.15, 0.2) is 0 Å². The van der Waals surface area contributed by atoms with Crippen LogP contribution in [0.3, 0.4) is 0 Å². The van der Waals surface area contributed by atoms with Crippen LogP contribution in [0.5, 0.6) is 0 Å². The van der Waals surface area contributed by atoms with Crippen LogP contribution in [0.25, 0.3) is 0 Å². The molecule has 0 aliphatic rings. The van der Waals surface area contributed by atoms with Crippen LogP contribution in [0.1, 0.15) is 12.5 Å². The van der Waals surface area contributed by atoms with Gasteiger partial charge in [-0.25, -0.2) is 0 Å². The van der Waals surface area contributed by atoms with Crippen LogP contribution in [-0.2, 0) is 6.54 Å². The molecule has 0 saturated carbocycles. The van der Waals surface area contributed by atoms with E-state index in [0.29, 0.717) is 10.0 Å². The lowest BCUT2D eigenvalue weighted by molar-refractivity contribution is 0.310. The second kappa shape index (κ2) is 5.71. The Morgan fingerprint density at radius 2 is 1.87 bits per heavy atom. The molecular formula is C11H16Cl2N2. The fourth-order valence-corrected chi connectivity index (χ4v) is 2.03. The maximum Gasteiger partial charge on any atom is 0.0465 e. The van der Waals surface area contributed by atoms with Gasteiger partial charge in [0.05, 0.1) is 0 Å². The number of halogens is 2. The zero-order valence-electron chi connectivity index (χ0n) is 9.00. The molecule has 15 heavy (non-hydrogen) atoms. The summed E-state index contributed by atoms with van der Waals surface area (Å²) in [6.07, 6.45) is 0. The second-order valence-electron chi connectivity index (χ2n) is 3.87. The van der Waals surface area contributed by atoms with Gasteiger partial charge in [-0.1, -0.05) is 29.3 Å². The Bertz CT molecular complexity index is 306. The smallest absolute Gasteiger partial charge is 0.0465 e. The quantitative estimate of drug-likeness (QED) is 0.886.